The van der Waals surface area contributed by atoms with Crippen molar-refractivity contribution in [1.29, 1.82) is 0 Å². The van der Waals surface area contributed by atoms with Crippen molar-refractivity contribution in [3.63, 3.8) is 0 Å². The summed E-state index contributed by atoms with van der Waals surface area (Å²) in [6.07, 6.45) is 10.5. The number of rotatable bonds is 2. The zero-order valence-corrected chi connectivity index (χ0v) is 16.8. The van der Waals surface area contributed by atoms with Gasteiger partial charge in [0.15, 0.2) is 0 Å². The summed E-state index contributed by atoms with van der Waals surface area (Å²) in [4.78, 5) is 4.18. The Balaban J connectivity index is 1.51. The second-order valence-electron chi connectivity index (χ2n) is 8.07. The number of hydrogen-bond donors (Lipinski definition) is 1. The minimum absolute atomic E-state index is 0.272. The van der Waals surface area contributed by atoms with Crippen LogP contribution in [0, 0.1) is 10.8 Å². The molecule has 1 aliphatic heterocycles. The van der Waals surface area contributed by atoms with Gasteiger partial charge < -0.3 is 0 Å². The van der Waals surface area contributed by atoms with E-state index in [4.69, 9.17) is 12.6 Å². The van der Waals surface area contributed by atoms with Crippen molar-refractivity contribution in [3.05, 3.63) is 30.7 Å². The van der Waals surface area contributed by atoms with Gasteiger partial charge in [-0.1, -0.05) is 26.0 Å². The third-order valence-electron chi connectivity index (χ3n) is 6.70. The maximum Gasteiger partial charge on any atom is 0.114 e. The molecule has 1 aliphatic carbocycles. The van der Waals surface area contributed by atoms with E-state index in [0.29, 0.717) is 21.3 Å². The fourth-order valence-corrected chi connectivity index (χ4v) is 7.36. The summed E-state index contributed by atoms with van der Waals surface area (Å²) in [5, 5.41) is 9.46. The Labute approximate surface area is 159 Å². The number of nitrogens with zero attached hydrogens (tertiary/aromatic N) is 4. The lowest BCUT2D eigenvalue weighted by Gasteiger charge is -2.49. The first-order chi connectivity index (χ1) is 11.9. The van der Waals surface area contributed by atoms with E-state index in [1.165, 1.54) is 25.7 Å². The van der Waals surface area contributed by atoms with E-state index in [9.17, 15) is 0 Å². The van der Waals surface area contributed by atoms with Crippen LogP contribution in [-0.4, -0.2) is 29.8 Å². The third-order valence-corrected chi connectivity index (χ3v) is 9.42. The molecule has 4 nitrogen and oxygen atoms in total. The summed E-state index contributed by atoms with van der Waals surface area (Å²) in [6, 6.07) is 4.42. The molecule has 2 unspecified atom stereocenters. The molecule has 0 aromatic carbocycles. The predicted octanol–water partition coefficient (Wildman–Crippen LogP) is 4.86. The highest BCUT2D eigenvalue weighted by atomic mass is 32.2. The second kappa shape index (κ2) is 6.31. The largest absolute Gasteiger partial charge is 0.264 e. The SMILES string of the molecule is CC1SC(S)C(C)(C)C12CCC(n1cc(-c3cccnc3)nn1)CC2. The van der Waals surface area contributed by atoms with Gasteiger partial charge in [-0.15, -0.1) is 16.9 Å². The lowest BCUT2D eigenvalue weighted by molar-refractivity contribution is 0.0346. The van der Waals surface area contributed by atoms with Crippen LogP contribution in [0.25, 0.3) is 11.3 Å². The van der Waals surface area contributed by atoms with Crippen LogP contribution < -0.4 is 0 Å². The second-order valence-corrected chi connectivity index (χ2v) is 10.4. The van der Waals surface area contributed by atoms with Crippen LogP contribution in [0.1, 0.15) is 52.5 Å². The molecule has 1 saturated carbocycles. The highest BCUT2D eigenvalue weighted by Gasteiger charge is 2.58. The summed E-state index contributed by atoms with van der Waals surface area (Å²) >= 11 is 6.94. The molecule has 0 bridgehead atoms. The molecule has 3 heterocycles. The highest BCUT2D eigenvalue weighted by molar-refractivity contribution is 8.11. The number of pyridine rings is 1. The Bertz CT molecular complexity index is 735. The molecule has 2 aliphatic rings. The minimum atomic E-state index is 0.272. The first-order valence-corrected chi connectivity index (χ1v) is 10.6. The molecule has 25 heavy (non-hydrogen) atoms. The van der Waals surface area contributed by atoms with Crippen molar-refractivity contribution in [2.75, 3.05) is 0 Å². The molecule has 0 radical (unpaired) electrons. The van der Waals surface area contributed by atoms with Crippen molar-refractivity contribution >= 4 is 24.4 Å². The summed E-state index contributed by atoms with van der Waals surface area (Å²) < 4.78 is 2.51. The monoisotopic (exact) mass is 374 g/mol. The smallest absolute Gasteiger partial charge is 0.114 e. The highest BCUT2D eigenvalue weighted by Crippen LogP contribution is 2.66. The standard InChI is InChI=1S/C19H26N4S2/c1-13-19(18(2,3)17(24)25-13)8-6-15(7-9-19)23-12-16(21-22-23)14-5-4-10-20-11-14/h4-5,10-13,15,17,24H,6-9H2,1-3H3. The van der Waals surface area contributed by atoms with Crippen LogP contribution in [0.15, 0.2) is 30.7 Å². The number of aromatic nitrogens is 4. The predicted molar refractivity (Wildman–Crippen MR) is 107 cm³/mol. The number of hydrogen-bond acceptors (Lipinski definition) is 5. The molecular weight excluding hydrogens is 348 g/mol. The van der Waals surface area contributed by atoms with Gasteiger partial charge in [0.1, 0.15) is 5.69 Å². The number of thioether (sulfide) groups is 1. The summed E-state index contributed by atoms with van der Waals surface area (Å²) in [6.45, 7) is 7.23. The van der Waals surface area contributed by atoms with Crippen molar-refractivity contribution in [1.82, 2.24) is 20.0 Å². The van der Waals surface area contributed by atoms with E-state index in [-0.39, 0.29) is 5.41 Å². The molecule has 2 atom stereocenters. The summed E-state index contributed by atoms with van der Waals surface area (Å²) in [5.41, 5.74) is 2.61. The van der Waals surface area contributed by atoms with E-state index >= 15 is 0 Å². The van der Waals surface area contributed by atoms with Gasteiger partial charge >= 0.3 is 0 Å². The van der Waals surface area contributed by atoms with Gasteiger partial charge in [0.2, 0.25) is 0 Å². The van der Waals surface area contributed by atoms with Crippen LogP contribution in [0.4, 0.5) is 0 Å². The average molecular weight is 375 g/mol. The maximum atomic E-state index is 4.88. The van der Waals surface area contributed by atoms with Crippen LogP contribution in [0.3, 0.4) is 0 Å². The Morgan fingerprint density at radius 1 is 1.28 bits per heavy atom. The van der Waals surface area contributed by atoms with Crippen LogP contribution in [0.5, 0.6) is 0 Å². The van der Waals surface area contributed by atoms with Gasteiger partial charge in [-0.3, -0.25) is 4.98 Å². The zero-order chi connectivity index (χ0) is 17.7. The maximum absolute atomic E-state index is 4.88. The molecule has 4 rings (SSSR count). The Hall–Kier alpha value is -1.01. The van der Waals surface area contributed by atoms with Gasteiger partial charge in [0.05, 0.1) is 16.8 Å². The van der Waals surface area contributed by atoms with Gasteiger partial charge in [-0.25, -0.2) is 4.68 Å². The first kappa shape index (κ1) is 17.4. The van der Waals surface area contributed by atoms with Gasteiger partial charge in [0.25, 0.3) is 0 Å². The van der Waals surface area contributed by atoms with Crippen LogP contribution in [-0.2, 0) is 0 Å². The van der Waals surface area contributed by atoms with Crippen molar-refractivity contribution < 1.29 is 0 Å². The van der Waals surface area contributed by atoms with E-state index in [0.717, 1.165) is 11.3 Å². The molecule has 134 valence electrons. The van der Waals surface area contributed by atoms with Gasteiger partial charge in [-0.2, -0.15) is 12.6 Å². The topological polar surface area (TPSA) is 43.6 Å². The lowest BCUT2D eigenvalue weighted by Crippen LogP contribution is -2.44. The minimum Gasteiger partial charge on any atom is -0.264 e. The Morgan fingerprint density at radius 2 is 2.04 bits per heavy atom. The normalized spacial score (nSPS) is 34.5. The van der Waals surface area contributed by atoms with Crippen LogP contribution >= 0.6 is 24.4 Å². The molecule has 2 aromatic rings. The van der Waals surface area contributed by atoms with E-state index in [1.54, 1.807) is 6.20 Å². The van der Waals surface area contributed by atoms with Gasteiger partial charge in [0, 0.05) is 23.2 Å². The Morgan fingerprint density at radius 3 is 2.64 bits per heavy atom. The van der Waals surface area contributed by atoms with E-state index in [1.807, 2.05) is 18.3 Å². The average Bonchev–Trinajstić information content (AvgIpc) is 3.17. The van der Waals surface area contributed by atoms with E-state index in [2.05, 4.69) is 58.7 Å². The molecule has 0 N–H and O–H groups in total. The quantitative estimate of drug-likeness (QED) is 0.763. The molecule has 6 heteroatoms. The molecular formula is C19H26N4S2. The van der Waals surface area contributed by atoms with Crippen LogP contribution in [0.2, 0.25) is 0 Å². The van der Waals surface area contributed by atoms with Gasteiger partial charge in [-0.05, 0) is 48.6 Å². The van der Waals surface area contributed by atoms with Crippen molar-refractivity contribution in [2.24, 2.45) is 10.8 Å². The fourth-order valence-electron chi connectivity index (χ4n) is 4.80. The van der Waals surface area contributed by atoms with Crippen molar-refractivity contribution in [2.45, 2.75) is 62.3 Å². The molecule has 2 fully saturated rings. The third kappa shape index (κ3) is 2.72. The summed E-state index contributed by atoms with van der Waals surface area (Å²) in [7, 11) is 0. The molecule has 1 saturated heterocycles. The molecule has 2 aromatic heterocycles. The molecule has 0 amide bonds. The number of thiol groups is 1. The first-order valence-electron chi connectivity index (χ1n) is 9.10. The van der Waals surface area contributed by atoms with Crippen molar-refractivity contribution in [3.8, 4) is 11.3 Å². The lowest BCUT2D eigenvalue weighted by atomic mass is 9.57. The summed E-state index contributed by atoms with van der Waals surface area (Å²) in [5.74, 6) is 0. The Kier molecular flexibility index (Phi) is 4.39. The fraction of sp³-hybridized carbons (Fsp3) is 0.632. The van der Waals surface area contributed by atoms with E-state index < -0.39 is 0 Å². The zero-order valence-electron chi connectivity index (χ0n) is 15.1. The molecule has 1 spiro atoms.